The first-order valence-corrected chi connectivity index (χ1v) is 8.15. The Morgan fingerprint density at radius 2 is 2.12 bits per heavy atom. The van der Waals surface area contributed by atoms with Gasteiger partial charge in [0.1, 0.15) is 18.0 Å². The number of nitrogens with zero attached hydrogens (tertiary/aromatic N) is 3. The Bertz CT molecular complexity index is 725. The Labute approximate surface area is 140 Å². The number of hydrogen-bond donors (Lipinski definition) is 2. The van der Waals surface area contributed by atoms with Gasteiger partial charge in [-0.1, -0.05) is 6.07 Å². The first kappa shape index (κ1) is 15.0. The van der Waals surface area contributed by atoms with Crippen LogP contribution >= 0.6 is 0 Å². The van der Waals surface area contributed by atoms with Crippen LogP contribution in [0.25, 0.3) is 0 Å². The van der Waals surface area contributed by atoms with Crippen molar-refractivity contribution in [2.24, 2.45) is 0 Å². The van der Waals surface area contributed by atoms with E-state index in [0.717, 1.165) is 48.1 Å². The Kier molecular flexibility index (Phi) is 4.08. The van der Waals surface area contributed by atoms with Crippen molar-refractivity contribution >= 4 is 11.6 Å². The van der Waals surface area contributed by atoms with Crippen molar-refractivity contribution in [3.8, 4) is 11.5 Å². The lowest BCUT2D eigenvalue weighted by atomic mass is 10.2. The van der Waals surface area contributed by atoms with Crippen LogP contribution in [0.15, 0.2) is 30.6 Å². The Morgan fingerprint density at radius 3 is 3.04 bits per heavy atom. The van der Waals surface area contributed by atoms with Crippen LogP contribution in [0.1, 0.15) is 18.4 Å². The zero-order valence-corrected chi connectivity index (χ0v) is 13.3. The molecule has 1 aromatic heterocycles. The van der Waals surface area contributed by atoms with Gasteiger partial charge in [0.05, 0.1) is 12.6 Å². The van der Waals surface area contributed by atoms with E-state index in [0.29, 0.717) is 6.54 Å². The number of hydrogen-bond acceptors (Lipinski definition) is 7. The highest BCUT2D eigenvalue weighted by atomic mass is 16.7. The van der Waals surface area contributed by atoms with Gasteiger partial charge < -0.3 is 24.8 Å². The summed E-state index contributed by atoms with van der Waals surface area (Å²) in [7, 11) is 0. The molecule has 1 unspecified atom stereocenters. The summed E-state index contributed by atoms with van der Waals surface area (Å²) >= 11 is 0. The maximum Gasteiger partial charge on any atom is 0.231 e. The normalized spacial score (nSPS) is 18.9. The highest BCUT2D eigenvalue weighted by Crippen LogP contribution is 2.32. The maximum absolute atomic E-state index is 9.47. The molecule has 0 saturated carbocycles. The number of ether oxygens (including phenoxy) is 2. The summed E-state index contributed by atoms with van der Waals surface area (Å²) in [6.07, 6.45) is 3.64. The van der Waals surface area contributed by atoms with Crippen molar-refractivity contribution in [1.29, 1.82) is 0 Å². The van der Waals surface area contributed by atoms with Crippen molar-refractivity contribution in [1.82, 2.24) is 9.97 Å². The first-order valence-electron chi connectivity index (χ1n) is 8.15. The van der Waals surface area contributed by atoms with Crippen molar-refractivity contribution in [3.05, 3.63) is 36.2 Å². The molecule has 1 saturated heterocycles. The average Bonchev–Trinajstić information content (AvgIpc) is 3.28. The molecule has 24 heavy (non-hydrogen) atoms. The van der Waals surface area contributed by atoms with Crippen LogP contribution in [0.2, 0.25) is 0 Å². The smallest absolute Gasteiger partial charge is 0.231 e. The van der Waals surface area contributed by atoms with Crippen LogP contribution in [0.5, 0.6) is 11.5 Å². The second-order valence-electron chi connectivity index (χ2n) is 5.97. The van der Waals surface area contributed by atoms with E-state index in [1.807, 2.05) is 24.3 Å². The summed E-state index contributed by atoms with van der Waals surface area (Å²) in [5.74, 6) is 3.18. The van der Waals surface area contributed by atoms with Gasteiger partial charge >= 0.3 is 0 Å². The molecule has 7 heteroatoms. The fraction of sp³-hybridized carbons (Fsp3) is 0.412. The molecule has 0 aliphatic carbocycles. The quantitative estimate of drug-likeness (QED) is 0.866. The summed E-state index contributed by atoms with van der Waals surface area (Å²) < 4.78 is 10.7. The van der Waals surface area contributed by atoms with Gasteiger partial charge in [0.25, 0.3) is 0 Å². The third-order valence-electron chi connectivity index (χ3n) is 4.45. The molecule has 1 fully saturated rings. The van der Waals surface area contributed by atoms with E-state index < -0.39 is 0 Å². The van der Waals surface area contributed by atoms with E-state index in [1.54, 1.807) is 6.33 Å². The van der Waals surface area contributed by atoms with Crippen molar-refractivity contribution in [2.45, 2.75) is 25.4 Å². The zero-order chi connectivity index (χ0) is 16.4. The molecule has 0 spiro atoms. The molecule has 4 rings (SSSR count). The third kappa shape index (κ3) is 2.94. The molecule has 1 aromatic carbocycles. The standard InChI is InChI=1S/C17H20N4O3/c22-9-13-2-1-5-21(13)17-7-16(19-10-20-17)18-8-12-3-4-14-15(6-12)24-11-23-14/h3-4,6-7,10,13,22H,1-2,5,8-9,11H2,(H,18,19,20). The number of aromatic nitrogens is 2. The van der Waals surface area contributed by atoms with Crippen LogP contribution in [0, 0.1) is 0 Å². The summed E-state index contributed by atoms with van der Waals surface area (Å²) in [6.45, 7) is 1.99. The molecule has 3 heterocycles. The number of rotatable bonds is 5. The van der Waals surface area contributed by atoms with E-state index in [9.17, 15) is 5.11 Å². The van der Waals surface area contributed by atoms with E-state index in [2.05, 4.69) is 20.2 Å². The topological polar surface area (TPSA) is 79.7 Å². The highest BCUT2D eigenvalue weighted by Gasteiger charge is 2.25. The summed E-state index contributed by atoms with van der Waals surface area (Å²) in [5, 5.41) is 12.8. The number of nitrogens with one attached hydrogen (secondary N) is 1. The van der Waals surface area contributed by atoms with Gasteiger partial charge in [-0.2, -0.15) is 0 Å². The molecule has 0 radical (unpaired) electrons. The highest BCUT2D eigenvalue weighted by molar-refractivity contribution is 5.51. The Balaban J connectivity index is 1.44. The predicted molar refractivity (Wildman–Crippen MR) is 89.4 cm³/mol. The van der Waals surface area contributed by atoms with E-state index >= 15 is 0 Å². The van der Waals surface area contributed by atoms with Gasteiger partial charge in [-0.05, 0) is 30.5 Å². The van der Waals surface area contributed by atoms with Gasteiger partial charge in [-0.25, -0.2) is 9.97 Å². The lowest BCUT2D eigenvalue weighted by Gasteiger charge is -2.24. The van der Waals surface area contributed by atoms with Crippen molar-refractivity contribution < 1.29 is 14.6 Å². The van der Waals surface area contributed by atoms with Crippen LogP contribution in [-0.4, -0.2) is 41.1 Å². The molecule has 1 atom stereocenters. The number of benzene rings is 1. The molecule has 2 aromatic rings. The lowest BCUT2D eigenvalue weighted by molar-refractivity contribution is 0.174. The predicted octanol–water partition coefficient (Wildman–Crippen LogP) is 1.78. The first-order chi connectivity index (χ1) is 11.8. The van der Waals surface area contributed by atoms with Crippen LogP contribution < -0.4 is 19.7 Å². The number of fused-ring (bicyclic) bond motifs is 1. The second-order valence-corrected chi connectivity index (χ2v) is 5.97. The average molecular weight is 328 g/mol. The molecule has 0 amide bonds. The lowest BCUT2D eigenvalue weighted by Crippen LogP contribution is -2.32. The molecule has 2 aliphatic heterocycles. The van der Waals surface area contributed by atoms with Crippen LogP contribution in [0.4, 0.5) is 11.6 Å². The van der Waals surface area contributed by atoms with Crippen molar-refractivity contribution in [3.63, 3.8) is 0 Å². The zero-order valence-electron chi connectivity index (χ0n) is 13.3. The SMILES string of the molecule is OCC1CCCN1c1cc(NCc2ccc3c(c2)OCO3)ncn1. The molecule has 7 nitrogen and oxygen atoms in total. The minimum atomic E-state index is 0.154. The summed E-state index contributed by atoms with van der Waals surface area (Å²) in [4.78, 5) is 10.8. The second kappa shape index (κ2) is 6.52. The van der Waals surface area contributed by atoms with Gasteiger partial charge in [-0.3, -0.25) is 0 Å². The summed E-state index contributed by atoms with van der Waals surface area (Å²) in [5.41, 5.74) is 1.09. The summed E-state index contributed by atoms with van der Waals surface area (Å²) in [6, 6.07) is 7.98. The maximum atomic E-state index is 9.47. The molecule has 2 N–H and O–H groups in total. The fourth-order valence-electron chi connectivity index (χ4n) is 3.17. The van der Waals surface area contributed by atoms with Crippen LogP contribution in [-0.2, 0) is 6.54 Å². The van der Waals surface area contributed by atoms with Gasteiger partial charge in [0.15, 0.2) is 11.5 Å². The number of anilines is 2. The minimum Gasteiger partial charge on any atom is -0.454 e. The van der Waals surface area contributed by atoms with E-state index in [4.69, 9.17) is 9.47 Å². The Hall–Kier alpha value is -2.54. The largest absolute Gasteiger partial charge is 0.454 e. The van der Waals surface area contributed by atoms with Gasteiger partial charge in [0, 0.05) is 19.2 Å². The van der Waals surface area contributed by atoms with Crippen molar-refractivity contribution in [2.75, 3.05) is 30.2 Å². The monoisotopic (exact) mass is 328 g/mol. The molecular weight excluding hydrogens is 308 g/mol. The van der Waals surface area contributed by atoms with Gasteiger partial charge in [0.2, 0.25) is 6.79 Å². The molecular formula is C17H20N4O3. The van der Waals surface area contributed by atoms with E-state index in [1.165, 1.54) is 0 Å². The van der Waals surface area contributed by atoms with Crippen LogP contribution in [0.3, 0.4) is 0 Å². The fourth-order valence-corrected chi connectivity index (χ4v) is 3.17. The number of aliphatic hydroxyl groups is 1. The third-order valence-corrected chi connectivity index (χ3v) is 4.45. The van der Waals surface area contributed by atoms with E-state index in [-0.39, 0.29) is 19.4 Å². The molecule has 0 bridgehead atoms. The van der Waals surface area contributed by atoms with Gasteiger partial charge in [-0.15, -0.1) is 0 Å². The molecule has 126 valence electrons. The number of aliphatic hydroxyl groups excluding tert-OH is 1. The molecule has 2 aliphatic rings. The minimum absolute atomic E-state index is 0.154. The Morgan fingerprint density at radius 1 is 1.21 bits per heavy atom.